The molecule has 0 saturated heterocycles. The van der Waals surface area contributed by atoms with E-state index in [4.69, 9.17) is 16.6 Å². The number of nitrogens with one attached hydrogen (secondary N) is 3. The number of rotatable bonds is 14. The van der Waals surface area contributed by atoms with E-state index < -0.39 is 60.1 Å². The van der Waals surface area contributed by atoms with Crippen molar-refractivity contribution in [2.24, 2.45) is 11.5 Å². The van der Waals surface area contributed by atoms with Crippen LogP contribution in [0.15, 0.2) is 0 Å². The van der Waals surface area contributed by atoms with Gasteiger partial charge in [0, 0.05) is 5.75 Å². The molecular formula is C17H33N5O7S. The number of carbonyl (C=O) groups excluding carboxylic acids is 3. The van der Waals surface area contributed by atoms with Crippen LogP contribution in [0.5, 0.6) is 0 Å². The van der Waals surface area contributed by atoms with Crippen LogP contribution in [0, 0.1) is 0 Å². The summed E-state index contributed by atoms with van der Waals surface area (Å²) in [5.74, 6) is -3.82. The third kappa shape index (κ3) is 9.71. The first-order valence-electron chi connectivity index (χ1n) is 9.52. The van der Waals surface area contributed by atoms with Crippen LogP contribution in [-0.4, -0.2) is 87.7 Å². The van der Waals surface area contributed by atoms with E-state index in [1.165, 1.54) is 13.8 Å². The summed E-state index contributed by atoms with van der Waals surface area (Å²) < 4.78 is 0. The van der Waals surface area contributed by atoms with Crippen molar-refractivity contribution in [3.05, 3.63) is 0 Å². The zero-order chi connectivity index (χ0) is 23.4. The number of carboxylic acid groups (broad SMARTS) is 1. The summed E-state index contributed by atoms with van der Waals surface area (Å²) in [6.45, 7) is 2.78. The Labute approximate surface area is 180 Å². The highest BCUT2D eigenvalue weighted by atomic mass is 32.1. The van der Waals surface area contributed by atoms with Crippen molar-refractivity contribution in [3.8, 4) is 0 Å². The maximum atomic E-state index is 12.7. The Morgan fingerprint density at radius 3 is 1.87 bits per heavy atom. The first-order valence-corrected chi connectivity index (χ1v) is 10.2. The third-order valence-corrected chi connectivity index (χ3v) is 4.62. The molecular weight excluding hydrogens is 418 g/mol. The molecule has 13 heteroatoms. The molecule has 30 heavy (non-hydrogen) atoms. The number of hydrogen-bond donors (Lipinski definition) is 9. The maximum Gasteiger partial charge on any atom is 0.328 e. The van der Waals surface area contributed by atoms with E-state index in [-0.39, 0.29) is 12.2 Å². The second kappa shape index (κ2) is 14.1. The molecule has 12 nitrogen and oxygen atoms in total. The van der Waals surface area contributed by atoms with Crippen LogP contribution in [0.1, 0.15) is 33.1 Å². The van der Waals surface area contributed by atoms with Gasteiger partial charge in [-0.1, -0.05) is 0 Å². The van der Waals surface area contributed by atoms with E-state index in [9.17, 15) is 29.4 Å². The zero-order valence-electron chi connectivity index (χ0n) is 17.1. The second-order valence-corrected chi connectivity index (χ2v) is 7.29. The van der Waals surface area contributed by atoms with Gasteiger partial charge >= 0.3 is 5.97 Å². The van der Waals surface area contributed by atoms with Crippen molar-refractivity contribution in [2.75, 3.05) is 12.3 Å². The Morgan fingerprint density at radius 2 is 1.43 bits per heavy atom. The number of carboxylic acids is 1. The molecule has 0 aromatic rings. The van der Waals surface area contributed by atoms with Crippen LogP contribution in [-0.2, 0) is 19.2 Å². The van der Waals surface area contributed by atoms with Gasteiger partial charge in [0.2, 0.25) is 17.7 Å². The highest BCUT2D eigenvalue weighted by molar-refractivity contribution is 7.80. The fourth-order valence-corrected chi connectivity index (χ4v) is 2.58. The summed E-state index contributed by atoms with van der Waals surface area (Å²) in [6.07, 6.45) is -1.51. The number of nitrogens with two attached hydrogens (primary N) is 2. The standard InChI is InChI=1S/C17H33N5O7S/c1-8(23)12(16(27)22-13(9(2)24)17(28)29)21-15(26)11(5-3-4-6-18)20-14(25)10(19)7-30/h8-13,23-24,30H,3-7,18-19H2,1-2H3,(H,20,25)(H,21,26)(H,22,27)(H,28,29). The Kier molecular flexibility index (Phi) is 13.2. The smallest absolute Gasteiger partial charge is 0.328 e. The topological polar surface area (TPSA) is 217 Å². The molecule has 0 aliphatic carbocycles. The predicted octanol–water partition coefficient (Wildman–Crippen LogP) is -3.33. The van der Waals surface area contributed by atoms with Crippen LogP contribution >= 0.6 is 12.6 Å². The van der Waals surface area contributed by atoms with Crippen molar-refractivity contribution in [2.45, 2.75) is 69.5 Å². The predicted molar refractivity (Wildman–Crippen MR) is 112 cm³/mol. The summed E-state index contributed by atoms with van der Waals surface area (Å²) >= 11 is 3.93. The van der Waals surface area contributed by atoms with Crippen LogP contribution in [0.3, 0.4) is 0 Å². The van der Waals surface area contributed by atoms with Gasteiger partial charge in [0.15, 0.2) is 6.04 Å². The molecule has 0 radical (unpaired) electrons. The Bertz CT molecular complexity index is 591. The van der Waals surface area contributed by atoms with Crippen LogP contribution in [0.4, 0.5) is 0 Å². The lowest BCUT2D eigenvalue weighted by Gasteiger charge is -2.27. The van der Waals surface area contributed by atoms with E-state index in [0.717, 1.165) is 0 Å². The second-order valence-electron chi connectivity index (χ2n) is 6.93. The molecule has 0 saturated carbocycles. The van der Waals surface area contributed by atoms with Crippen molar-refractivity contribution >= 4 is 36.3 Å². The van der Waals surface area contributed by atoms with Gasteiger partial charge in [-0.3, -0.25) is 14.4 Å². The molecule has 6 atom stereocenters. The van der Waals surface area contributed by atoms with E-state index in [2.05, 4.69) is 28.6 Å². The van der Waals surface area contributed by atoms with E-state index in [1.807, 2.05) is 0 Å². The van der Waals surface area contributed by atoms with Gasteiger partial charge in [0.05, 0.1) is 18.2 Å². The number of thiol groups is 1. The summed E-state index contributed by atoms with van der Waals surface area (Å²) in [7, 11) is 0. The van der Waals surface area contributed by atoms with E-state index >= 15 is 0 Å². The third-order valence-electron chi connectivity index (χ3n) is 4.22. The quantitative estimate of drug-likeness (QED) is 0.0951. The van der Waals surface area contributed by atoms with Crippen molar-refractivity contribution in [3.63, 3.8) is 0 Å². The number of aliphatic hydroxyl groups is 2. The van der Waals surface area contributed by atoms with Gasteiger partial charge in [0.1, 0.15) is 12.1 Å². The zero-order valence-corrected chi connectivity index (χ0v) is 18.0. The molecule has 10 N–H and O–H groups in total. The van der Waals surface area contributed by atoms with Crippen molar-refractivity contribution < 1.29 is 34.5 Å². The minimum atomic E-state index is -1.64. The maximum absolute atomic E-state index is 12.7. The lowest BCUT2D eigenvalue weighted by Crippen LogP contribution is -2.61. The highest BCUT2D eigenvalue weighted by Gasteiger charge is 2.33. The van der Waals surface area contributed by atoms with Crippen LogP contribution < -0.4 is 27.4 Å². The first-order chi connectivity index (χ1) is 14.0. The number of unbranched alkanes of at least 4 members (excludes halogenated alkanes) is 1. The lowest BCUT2D eigenvalue weighted by atomic mass is 10.1. The van der Waals surface area contributed by atoms with Gasteiger partial charge in [-0.15, -0.1) is 0 Å². The molecule has 0 bridgehead atoms. The van der Waals surface area contributed by atoms with Crippen molar-refractivity contribution in [1.29, 1.82) is 0 Å². The fraction of sp³-hybridized carbons (Fsp3) is 0.765. The monoisotopic (exact) mass is 451 g/mol. The van der Waals surface area contributed by atoms with Gasteiger partial charge in [-0.25, -0.2) is 4.79 Å². The van der Waals surface area contributed by atoms with Crippen molar-refractivity contribution in [1.82, 2.24) is 16.0 Å². The fourth-order valence-electron chi connectivity index (χ4n) is 2.41. The first kappa shape index (κ1) is 28.1. The molecule has 0 heterocycles. The SMILES string of the molecule is CC(O)C(NC(=O)C(NC(=O)C(CCCCN)NC(=O)C(N)CS)C(C)O)C(=O)O. The minimum Gasteiger partial charge on any atom is -0.480 e. The molecule has 0 aliphatic heterocycles. The average Bonchev–Trinajstić information content (AvgIpc) is 2.67. The normalized spacial score (nSPS) is 17.0. The lowest BCUT2D eigenvalue weighted by molar-refractivity contribution is -0.146. The van der Waals surface area contributed by atoms with Gasteiger partial charge < -0.3 is 42.7 Å². The number of aliphatic carboxylic acids is 1. The molecule has 3 amide bonds. The molecule has 0 rings (SSSR count). The molecule has 0 spiro atoms. The van der Waals surface area contributed by atoms with Crippen LogP contribution in [0.2, 0.25) is 0 Å². The molecule has 0 aliphatic rings. The Hall–Kier alpha value is -1.93. The summed E-state index contributed by atoms with van der Waals surface area (Å²) in [6, 6.07) is -5.16. The minimum absolute atomic E-state index is 0.0532. The summed E-state index contributed by atoms with van der Waals surface area (Å²) in [5, 5.41) is 35.3. The average molecular weight is 452 g/mol. The summed E-state index contributed by atoms with van der Waals surface area (Å²) in [5.41, 5.74) is 11.1. The highest BCUT2D eigenvalue weighted by Crippen LogP contribution is 2.05. The van der Waals surface area contributed by atoms with E-state index in [1.54, 1.807) is 0 Å². The Morgan fingerprint density at radius 1 is 0.900 bits per heavy atom. The largest absolute Gasteiger partial charge is 0.480 e. The molecule has 0 aromatic carbocycles. The Balaban J connectivity index is 5.35. The number of amides is 3. The number of carbonyl (C=O) groups is 4. The van der Waals surface area contributed by atoms with Gasteiger partial charge in [0.25, 0.3) is 0 Å². The number of aliphatic hydroxyl groups excluding tert-OH is 2. The van der Waals surface area contributed by atoms with Gasteiger partial charge in [-0.2, -0.15) is 12.6 Å². The number of hydrogen-bond acceptors (Lipinski definition) is 9. The molecule has 174 valence electrons. The summed E-state index contributed by atoms with van der Waals surface area (Å²) in [4.78, 5) is 48.3. The molecule has 6 unspecified atom stereocenters. The van der Waals surface area contributed by atoms with Gasteiger partial charge in [-0.05, 0) is 39.7 Å². The molecule has 0 fully saturated rings. The van der Waals surface area contributed by atoms with Crippen LogP contribution in [0.25, 0.3) is 0 Å². The molecule has 0 aromatic heterocycles. The van der Waals surface area contributed by atoms with E-state index in [0.29, 0.717) is 19.4 Å².